The molecule has 0 saturated carbocycles. The molecule has 0 aliphatic carbocycles. The van der Waals surface area contributed by atoms with Crippen molar-refractivity contribution in [1.29, 1.82) is 0 Å². The molecule has 9 nitrogen and oxygen atoms in total. The Morgan fingerprint density at radius 3 is 2.45 bits per heavy atom. The Bertz CT molecular complexity index is 809. The van der Waals surface area contributed by atoms with E-state index < -0.39 is 14.8 Å². The van der Waals surface area contributed by atoms with E-state index in [1.165, 1.54) is 18.6 Å². The minimum atomic E-state index is -3.51. The van der Waals surface area contributed by atoms with Crippen molar-refractivity contribution in [3.63, 3.8) is 0 Å². The van der Waals surface area contributed by atoms with Crippen molar-refractivity contribution >= 4 is 27.2 Å². The van der Waals surface area contributed by atoms with Crippen molar-refractivity contribution in [3.8, 4) is 0 Å². The third-order valence-electron chi connectivity index (χ3n) is 4.35. The summed E-state index contributed by atoms with van der Waals surface area (Å²) in [6, 6.07) is 4.14. The highest BCUT2D eigenvalue weighted by atomic mass is 32.2. The van der Waals surface area contributed by atoms with Crippen molar-refractivity contribution in [2.75, 3.05) is 31.7 Å². The van der Waals surface area contributed by atoms with Gasteiger partial charge < -0.3 is 16.0 Å². The second-order valence-electron chi connectivity index (χ2n) is 7.50. The Balaban J connectivity index is 2.55. The van der Waals surface area contributed by atoms with Crippen LogP contribution in [0.1, 0.15) is 40.0 Å². The number of nitro benzene ring substituents is 1. The lowest BCUT2D eigenvalue weighted by molar-refractivity contribution is -0.384. The number of hydrogen-bond acceptors (Lipinski definition) is 6. The summed E-state index contributed by atoms with van der Waals surface area (Å²) < 4.78 is 23.2. The van der Waals surface area contributed by atoms with E-state index in [1.54, 1.807) is 7.05 Å². The summed E-state index contributed by atoms with van der Waals surface area (Å²) in [6.07, 6.45) is 4.41. The van der Waals surface area contributed by atoms with Crippen LogP contribution in [0.25, 0.3) is 0 Å². The highest BCUT2D eigenvalue weighted by molar-refractivity contribution is 7.90. The number of sulfone groups is 1. The molecular formula is C19H33N5O4S. The zero-order chi connectivity index (χ0) is 22.0. The molecule has 0 fully saturated rings. The molecule has 164 valence electrons. The van der Waals surface area contributed by atoms with Crippen LogP contribution in [0.3, 0.4) is 0 Å². The number of hydrogen-bond donors (Lipinski definition) is 3. The second-order valence-corrected chi connectivity index (χ2v) is 9.52. The van der Waals surface area contributed by atoms with Crippen LogP contribution in [0.2, 0.25) is 0 Å². The maximum absolute atomic E-state index is 11.6. The first-order valence-electron chi connectivity index (χ1n) is 9.74. The largest absolute Gasteiger partial charge is 0.378 e. The minimum Gasteiger partial charge on any atom is -0.378 e. The van der Waals surface area contributed by atoms with Crippen molar-refractivity contribution in [2.45, 2.75) is 51.0 Å². The van der Waals surface area contributed by atoms with Gasteiger partial charge in [0.05, 0.1) is 9.82 Å². The Hall–Kier alpha value is -2.36. The first-order valence-corrected chi connectivity index (χ1v) is 11.6. The minimum absolute atomic E-state index is 0.0797. The van der Waals surface area contributed by atoms with Gasteiger partial charge in [-0.2, -0.15) is 0 Å². The first kappa shape index (κ1) is 24.7. The number of benzene rings is 1. The molecule has 0 saturated heterocycles. The van der Waals surface area contributed by atoms with Crippen LogP contribution >= 0.6 is 0 Å². The summed E-state index contributed by atoms with van der Waals surface area (Å²) in [5, 5.41) is 20.7. The van der Waals surface area contributed by atoms with E-state index in [0.717, 1.165) is 25.2 Å². The van der Waals surface area contributed by atoms with E-state index in [2.05, 4.69) is 41.7 Å². The van der Waals surface area contributed by atoms with Crippen molar-refractivity contribution in [2.24, 2.45) is 10.9 Å². The first-order chi connectivity index (χ1) is 13.5. The highest BCUT2D eigenvalue weighted by Crippen LogP contribution is 2.27. The number of nitrogens with one attached hydrogen (secondary N) is 3. The number of aliphatic imine (C=N–C) groups is 1. The van der Waals surface area contributed by atoms with Crippen LogP contribution in [0.5, 0.6) is 0 Å². The molecule has 1 unspecified atom stereocenters. The van der Waals surface area contributed by atoms with E-state index in [9.17, 15) is 18.5 Å². The zero-order valence-corrected chi connectivity index (χ0v) is 18.7. The van der Waals surface area contributed by atoms with Crippen LogP contribution in [-0.4, -0.2) is 51.7 Å². The van der Waals surface area contributed by atoms with E-state index in [-0.39, 0.29) is 22.3 Å². The van der Waals surface area contributed by atoms with Crippen LogP contribution in [0, 0.1) is 16.0 Å². The Morgan fingerprint density at radius 1 is 1.21 bits per heavy atom. The molecule has 10 heteroatoms. The summed E-state index contributed by atoms with van der Waals surface area (Å²) >= 11 is 0. The van der Waals surface area contributed by atoms with Crippen LogP contribution in [-0.2, 0) is 9.84 Å². The maximum Gasteiger partial charge on any atom is 0.293 e. The summed E-state index contributed by atoms with van der Waals surface area (Å²) in [7, 11) is -1.81. The van der Waals surface area contributed by atoms with E-state index in [1.807, 2.05) is 0 Å². The Kier molecular flexibility index (Phi) is 9.87. The smallest absolute Gasteiger partial charge is 0.293 e. The maximum atomic E-state index is 11.6. The molecule has 1 aromatic carbocycles. The second kappa shape index (κ2) is 11.6. The van der Waals surface area contributed by atoms with Gasteiger partial charge in [0.2, 0.25) is 0 Å². The predicted molar refractivity (Wildman–Crippen MR) is 117 cm³/mol. The molecule has 0 aromatic heterocycles. The molecule has 0 spiro atoms. The van der Waals surface area contributed by atoms with E-state index in [0.29, 0.717) is 25.0 Å². The number of rotatable bonds is 11. The quantitative estimate of drug-likeness (QED) is 0.163. The molecular weight excluding hydrogens is 394 g/mol. The number of guanidine groups is 1. The monoisotopic (exact) mass is 427 g/mol. The van der Waals surface area contributed by atoms with Crippen molar-refractivity contribution in [3.05, 3.63) is 28.3 Å². The van der Waals surface area contributed by atoms with Gasteiger partial charge in [-0.25, -0.2) is 8.42 Å². The van der Waals surface area contributed by atoms with Gasteiger partial charge in [-0.3, -0.25) is 15.1 Å². The fourth-order valence-electron chi connectivity index (χ4n) is 2.75. The standard InChI is InChI=1S/C19H33N5O4S/c1-14(2)7-6-8-15(3)23-19(20-4)22-12-11-21-17-10-9-16(29(5,27)28)13-18(17)24(25)26/h9-10,13-15,21H,6-8,11-12H2,1-5H3,(H2,20,22,23). The molecule has 0 aliphatic heterocycles. The molecule has 29 heavy (non-hydrogen) atoms. The Labute approximate surface area is 173 Å². The molecule has 1 rings (SSSR count). The average molecular weight is 428 g/mol. The van der Waals surface area contributed by atoms with Gasteiger partial charge in [-0.1, -0.05) is 26.7 Å². The van der Waals surface area contributed by atoms with E-state index in [4.69, 9.17) is 0 Å². The van der Waals surface area contributed by atoms with Gasteiger partial charge >= 0.3 is 0 Å². The van der Waals surface area contributed by atoms with Crippen molar-refractivity contribution in [1.82, 2.24) is 10.6 Å². The lowest BCUT2D eigenvalue weighted by Crippen LogP contribution is -2.43. The molecule has 0 radical (unpaired) electrons. The van der Waals surface area contributed by atoms with Gasteiger partial charge in [0.25, 0.3) is 5.69 Å². The summed E-state index contributed by atoms with van der Waals surface area (Å²) in [4.78, 5) is 14.8. The van der Waals surface area contributed by atoms with Crippen LogP contribution in [0.4, 0.5) is 11.4 Å². The van der Waals surface area contributed by atoms with Gasteiger partial charge in [0.15, 0.2) is 15.8 Å². The molecule has 0 heterocycles. The molecule has 0 aliphatic rings. The summed E-state index contributed by atoms with van der Waals surface area (Å²) in [5.74, 6) is 1.37. The topological polar surface area (TPSA) is 126 Å². The van der Waals surface area contributed by atoms with Gasteiger partial charge in [-0.15, -0.1) is 0 Å². The predicted octanol–water partition coefficient (Wildman–Crippen LogP) is 2.79. The SMILES string of the molecule is CN=C(NCCNc1ccc(S(C)(=O)=O)cc1[N+](=O)[O-])NC(C)CCCC(C)C. The normalized spacial score (nSPS) is 13.2. The zero-order valence-electron chi connectivity index (χ0n) is 17.9. The van der Waals surface area contributed by atoms with Crippen molar-refractivity contribution < 1.29 is 13.3 Å². The van der Waals surface area contributed by atoms with Gasteiger partial charge in [-0.05, 0) is 31.4 Å². The lowest BCUT2D eigenvalue weighted by Gasteiger charge is -2.18. The third-order valence-corrected chi connectivity index (χ3v) is 5.46. The Morgan fingerprint density at radius 2 is 1.90 bits per heavy atom. The number of nitro groups is 1. The molecule has 1 aromatic rings. The van der Waals surface area contributed by atoms with E-state index >= 15 is 0 Å². The molecule has 0 amide bonds. The summed E-state index contributed by atoms with van der Waals surface area (Å²) in [5.41, 5.74) is 0.00315. The highest BCUT2D eigenvalue weighted by Gasteiger charge is 2.18. The van der Waals surface area contributed by atoms with Crippen LogP contribution < -0.4 is 16.0 Å². The summed E-state index contributed by atoms with van der Waals surface area (Å²) in [6.45, 7) is 7.43. The lowest BCUT2D eigenvalue weighted by atomic mass is 10.0. The molecule has 3 N–H and O–H groups in total. The fourth-order valence-corrected chi connectivity index (χ4v) is 3.39. The fraction of sp³-hybridized carbons (Fsp3) is 0.632. The van der Waals surface area contributed by atoms with Gasteiger partial charge in [0.1, 0.15) is 5.69 Å². The number of anilines is 1. The molecule has 0 bridgehead atoms. The average Bonchev–Trinajstić information content (AvgIpc) is 2.62. The van der Waals surface area contributed by atoms with Gasteiger partial charge in [0, 0.05) is 38.5 Å². The molecule has 1 atom stereocenters. The third kappa shape index (κ3) is 9.12. The number of nitrogens with zero attached hydrogens (tertiary/aromatic N) is 2. The van der Waals surface area contributed by atoms with Crippen LogP contribution in [0.15, 0.2) is 28.1 Å².